The van der Waals surface area contributed by atoms with Gasteiger partial charge in [-0.3, -0.25) is 4.99 Å². The van der Waals surface area contributed by atoms with Gasteiger partial charge in [0.05, 0.1) is 0 Å². The lowest BCUT2D eigenvalue weighted by Gasteiger charge is -2.37. The maximum absolute atomic E-state index is 12.5. The number of aromatic nitrogens is 1. The van der Waals surface area contributed by atoms with Crippen LogP contribution in [0.25, 0.3) is 0 Å². The largest absolute Gasteiger partial charge is 0.444 e. The molecule has 2 heterocycles. The number of carbonyl (C=O) groups is 1. The topological polar surface area (TPSA) is 73.3 Å². The molecule has 1 aliphatic heterocycles. The second-order valence-corrected chi connectivity index (χ2v) is 8.54. The lowest BCUT2D eigenvalue weighted by molar-refractivity contribution is 0.0237. The number of carbonyl (C=O) groups excluding carboxylic acids is 1. The Kier molecular flexibility index (Phi) is 8.99. The molecule has 1 aliphatic carbocycles. The molecule has 0 bridgehead atoms. The molecular weight excluding hydrogens is 495 g/mol. The molecular formula is C21H35IN6O2. The fourth-order valence-corrected chi connectivity index (χ4v) is 3.44. The van der Waals surface area contributed by atoms with Gasteiger partial charge in [-0.25, -0.2) is 9.78 Å². The number of nitrogens with one attached hydrogen (secondary N) is 1. The second kappa shape index (κ2) is 11.0. The Hall–Kier alpha value is -1.78. The van der Waals surface area contributed by atoms with Gasteiger partial charge in [0.25, 0.3) is 0 Å². The van der Waals surface area contributed by atoms with Gasteiger partial charge >= 0.3 is 6.09 Å². The molecule has 0 aromatic carbocycles. The summed E-state index contributed by atoms with van der Waals surface area (Å²) in [6.45, 7) is 10.6. The lowest BCUT2D eigenvalue weighted by Crippen LogP contribution is -2.53. The first kappa shape index (κ1) is 24.5. The Balaban J connectivity index is 0.00000320. The minimum absolute atomic E-state index is 0. The van der Waals surface area contributed by atoms with Crippen LogP contribution >= 0.6 is 24.0 Å². The number of ether oxygens (including phenoxy) is 1. The molecule has 0 spiro atoms. The molecule has 1 N–H and O–H groups in total. The van der Waals surface area contributed by atoms with E-state index in [1.54, 1.807) is 7.05 Å². The molecule has 0 atom stereocenters. The molecule has 30 heavy (non-hydrogen) atoms. The summed E-state index contributed by atoms with van der Waals surface area (Å²) in [6.07, 6.45) is 3.73. The van der Waals surface area contributed by atoms with Crippen LogP contribution in [0.5, 0.6) is 0 Å². The number of piperazine rings is 1. The van der Waals surface area contributed by atoms with Gasteiger partial charge in [0.15, 0.2) is 5.96 Å². The van der Waals surface area contributed by atoms with Crippen LogP contribution in [0.4, 0.5) is 10.6 Å². The van der Waals surface area contributed by atoms with E-state index in [-0.39, 0.29) is 30.1 Å². The van der Waals surface area contributed by atoms with E-state index in [4.69, 9.17) is 4.74 Å². The summed E-state index contributed by atoms with van der Waals surface area (Å²) in [5.41, 5.74) is -0.471. The smallest absolute Gasteiger partial charge is 0.410 e. The molecule has 1 saturated carbocycles. The van der Waals surface area contributed by atoms with Crippen LogP contribution in [-0.2, 0) is 4.74 Å². The highest BCUT2D eigenvalue weighted by molar-refractivity contribution is 14.0. The third-order valence-electron chi connectivity index (χ3n) is 5.02. The molecule has 0 radical (unpaired) electrons. The number of halogens is 1. The zero-order valence-corrected chi connectivity index (χ0v) is 20.8. The summed E-state index contributed by atoms with van der Waals surface area (Å²) in [4.78, 5) is 27.8. The fraction of sp³-hybridized carbons (Fsp3) is 0.667. The number of aliphatic imine (C=N–C) groups is 1. The van der Waals surface area contributed by atoms with Crippen LogP contribution in [0.3, 0.4) is 0 Å². The van der Waals surface area contributed by atoms with Gasteiger partial charge in [0.2, 0.25) is 0 Å². The van der Waals surface area contributed by atoms with E-state index in [0.717, 1.165) is 50.8 Å². The van der Waals surface area contributed by atoms with Crippen LogP contribution in [0.2, 0.25) is 0 Å². The number of hydrogen-bond acceptors (Lipinski definition) is 5. The average Bonchev–Trinajstić information content (AvgIpc) is 3.53. The van der Waals surface area contributed by atoms with Crippen molar-refractivity contribution in [3.05, 3.63) is 24.4 Å². The van der Waals surface area contributed by atoms with Gasteiger partial charge in [-0.2, -0.15) is 0 Å². The van der Waals surface area contributed by atoms with Crippen molar-refractivity contribution >= 4 is 41.8 Å². The van der Waals surface area contributed by atoms with E-state index >= 15 is 0 Å². The highest BCUT2D eigenvalue weighted by Gasteiger charge is 2.35. The monoisotopic (exact) mass is 530 g/mol. The van der Waals surface area contributed by atoms with E-state index in [1.807, 2.05) is 50.1 Å². The Labute approximate surface area is 197 Å². The molecule has 8 nitrogen and oxygen atoms in total. The quantitative estimate of drug-likeness (QED) is 0.359. The molecule has 1 aromatic rings. The molecule has 9 heteroatoms. The summed E-state index contributed by atoms with van der Waals surface area (Å²) >= 11 is 0. The third-order valence-corrected chi connectivity index (χ3v) is 5.02. The average molecular weight is 530 g/mol. The molecule has 168 valence electrons. The van der Waals surface area contributed by atoms with E-state index in [1.165, 1.54) is 0 Å². The van der Waals surface area contributed by atoms with Crippen molar-refractivity contribution in [1.29, 1.82) is 0 Å². The van der Waals surface area contributed by atoms with Crippen molar-refractivity contribution in [2.24, 2.45) is 4.99 Å². The van der Waals surface area contributed by atoms with E-state index in [9.17, 15) is 4.79 Å². The SMILES string of the molecule is CN=C(NCCN(C(=O)OC(C)(C)C)C1CC1)N1CCN(c2ccccn2)CC1.I. The van der Waals surface area contributed by atoms with E-state index in [0.29, 0.717) is 19.1 Å². The summed E-state index contributed by atoms with van der Waals surface area (Å²) in [5, 5.41) is 3.42. The maximum Gasteiger partial charge on any atom is 0.410 e. The first-order valence-corrected chi connectivity index (χ1v) is 10.5. The molecule has 1 aromatic heterocycles. The summed E-state index contributed by atoms with van der Waals surface area (Å²) < 4.78 is 5.56. The van der Waals surface area contributed by atoms with Crippen molar-refractivity contribution in [2.45, 2.75) is 45.3 Å². The minimum atomic E-state index is -0.471. The molecule has 1 amide bonds. The predicted octanol–water partition coefficient (Wildman–Crippen LogP) is 2.80. The van der Waals surface area contributed by atoms with Crippen molar-refractivity contribution in [2.75, 3.05) is 51.2 Å². The number of pyridine rings is 1. The standard InChI is InChI=1S/C21H34N6O2.HI/c1-21(2,3)29-20(28)27(17-8-9-17)12-11-24-19(22-4)26-15-13-25(14-16-26)18-7-5-6-10-23-18;/h5-7,10,17H,8-9,11-16H2,1-4H3,(H,22,24);1H. The Morgan fingerprint density at radius 3 is 2.50 bits per heavy atom. The van der Waals surface area contributed by atoms with Gasteiger partial charge in [0.1, 0.15) is 11.4 Å². The number of guanidine groups is 1. The van der Waals surface area contributed by atoms with Crippen molar-refractivity contribution in [3.8, 4) is 0 Å². The van der Waals surface area contributed by atoms with E-state index < -0.39 is 5.60 Å². The Bertz CT molecular complexity index is 697. The predicted molar refractivity (Wildman–Crippen MR) is 131 cm³/mol. The number of hydrogen-bond donors (Lipinski definition) is 1. The third kappa shape index (κ3) is 7.17. The Morgan fingerprint density at radius 1 is 1.27 bits per heavy atom. The van der Waals surface area contributed by atoms with Crippen LogP contribution < -0.4 is 10.2 Å². The maximum atomic E-state index is 12.5. The normalized spacial score (nSPS) is 17.3. The van der Waals surface area contributed by atoms with Crippen LogP contribution in [0.15, 0.2) is 29.4 Å². The molecule has 3 rings (SSSR count). The van der Waals surface area contributed by atoms with E-state index in [2.05, 4.69) is 25.1 Å². The second-order valence-electron chi connectivity index (χ2n) is 8.54. The van der Waals surface area contributed by atoms with Crippen molar-refractivity contribution in [3.63, 3.8) is 0 Å². The first-order valence-electron chi connectivity index (χ1n) is 10.5. The number of nitrogens with zero attached hydrogens (tertiary/aromatic N) is 5. The number of amides is 1. The van der Waals surface area contributed by atoms with Crippen LogP contribution in [-0.4, -0.2) is 84.8 Å². The summed E-state index contributed by atoms with van der Waals surface area (Å²) in [6, 6.07) is 6.32. The summed E-state index contributed by atoms with van der Waals surface area (Å²) in [7, 11) is 1.81. The molecule has 1 saturated heterocycles. The lowest BCUT2D eigenvalue weighted by atomic mass is 10.2. The van der Waals surface area contributed by atoms with Gasteiger partial charge in [-0.05, 0) is 45.7 Å². The molecule has 2 fully saturated rings. The van der Waals surface area contributed by atoms with Gasteiger partial charge in [-0.15, -0.1) is 24.0 Å². The zero-order valence-electron chi connectivity index (χ0n) is 18.5. The number of rotatable bonds is 5. The molecule has 2 aliphatic rings. The number of anilines is 1. The van der Waals surface area contributed by atoms with Gasteiger partial charge < -0.3 is 24.8 Å². The summed E-state index contributed by atoms with van der Waals surface area (Å²) in [5.74, 6) is 1.90. The van der Waals surface area contributed by atoms with Gasteiger partial charge in [-0.1, -0.05) is 6.07 Å². The highest BCUT2D eigenvalue weighted by Crippen LogP contribution is 2.28. The molecule has 0 unspecified atom stereocenters. The zero-order chi connectivity index (χ0) is 20.9. The van der Waals surface area contributed by atoms with Crippen LogP contribution in [0.1, 0.15) is 33.6 Å². The van der Waals surface area contributed by atoms with Crippen molar-refractivity contribution < 1.29 is 9.53 Å². The Morgan fingerprint density at radius 2 is 1.97 bits per heavy atom. The van der Waals surface area contributed by atoms with Gasteiger partial charge in [0, 0.05) is 58.6 Å². The highest BCUT2D eigenvalue weighted by atomic mass is 127. The first-order chi connectivity index (χ1) is 13.9. The fourth-order valence-electron chi connectivity index (χ4n) is 3.44. The van der Waals surface area contributed by atoms with Crippen molar-refractivity contribution in [1.82, 2.24) is 20.1 Å². The minimum Gasteiger partial charge on any atom is -0.444 e. The van der Waals surface area contributed by atoms with Crippen LogP contribution in [0, 0.1) is 0 Å².